The van der Waals surface area contributed by atoms with Crippen molar-refractivity contribution in [2.24, 2.45) is 0 Å². The second-order valence-corrected chi connectivity index (χ2v) is 10.6. The fourth-order valence-corrected chi connectivity index (χ4v) is 5.56. The summed E-state index contributed by atoms with van der Waals surface area (Å²) < 4.78 is 0. The second kappa shape index (κ2) is 10.2. The Morgan fingerprint density at radius 2 is 0.775 bits per heavy atom. The van der Waals surface area contributed by atoms with Crippen molar-refractivity contribution < 1.29 is 0 Å². The molecule has 0 N–H and O–H groups in total. The number of fused-ring (bicyclic) bond motifs is 2. The van der Waals surface area contributed by atoms with Crippen molar-refractivity contribution in [2.75, 3.05) is 0 Å². The van der Waals surface area contributed by atoms with Gasteiger partial charge in [0.1, 0.15) is 0 Å². The standard InChI is InChI=1S/C36H22Cl2N2/c37-27-15-17-33-31(19-27)29(23-7-3-1-4-8-23)21-35(39-33)25-11-13-26(14-12-25)36-22-30(24-9-5-2-6-10-24)32-20-28(38)16-18-34(32)40-36/h1-22H. The zero-order chi connectivity index (χ0) is 27.1. The third-order valence-electron chi connectivity index (χ3n) is 7.19. The lowest BCUT2D eigenvalue weighted by Gasteiger charge is -2.12. The minimum atomic E-state index is 0.698. The summed E-state index contributed by atoms with van der Waals surface area (Å²) in [7, 11) is 0. The van der Waals surface area contributed by atoms with Gasteiger partial charge >= 0.3 is 0 Å². The van der Waals surface area contributed by atoms with Crippen LogP contribution in [0.4, 0.5) is 0 Å². The van der Waals surface area contributed by atoms with Gasteiger partial charge in [0, 0.05) is 31.9 Å². The van der Waals surface area contributed by atoms with Gasteiger partial charge in [-0.3, -0.25) is 0 Å². The molecular weight excluding hydrogens is 531 g/mol. The molecule has 0 unspecified atom stereocenters. The summed E-state index contributed by atoms with van der Waals surface area (Å²) in [6.07, 6.45) is 0. The minimum Gasteiger partial charge on any atom is -0.248 e. The molecule has 190 valence electrons. The molecule has 2 aromatic heterocycles. The van der Waals surface area contributed by atoms with Crippen LogP contribution in [0.5, 0.6) is 0 Å². The van der Waals surface area contributed by atoms with Crippen LogP contribution >= 0.6 is 23.2 Å². The highest BCUT2D eigenvalue weighted by molar-refractivity contribution is 6.32. The van der Waals surface area contributed by atoms with E-state index >= 15 is 0 Å². The summed E-state index contributed by atoms with van der Waals surface area (Å²) in [6, 6.07) is 45.2. The first-order valence-electron chi connectivity index (χ1n) is 13.0. The van der Waals surface area contributed by atoms with Crippen molar-refractivity contribution in [2.45, 2.75) is 0 Å². The summed E-state index contributed by atoms with van der Waals surface area (Å²) in [4.78, 5) is 9.98. The van der Waals surface area contributed by atoms with Gasteiger partial charge in [0.05, 0.1) is 22.4 Å². The van der Waals surface area contributed by atoms with E-state index < -0.39 is 0 Å². The molecule has 0 amide bonds. The zero-order valence-electron chi connectivity index (χ0n) is 21.4. The van der Waals surface area contributed by atoms with Gasteiger partial charge in [0.25, 0.3) is 0 Å². The molecule has 0 aliphatic rings. The van der Waals surface area contributed by atoms with E-state index in [4.69, 9.17) is 33.2 Å². The Kier molecular flexibility index (Phi) is 6.28. The van der Waals surface area contributed by atoms with E-state index in [0.717, 1.165) is 66.6 Å². The average molecular weight is 553 g/mol. The third kappa shape index (κ3) is 4.62. The number of benzene rings is 5. The molecule has 0 bridgehead atoms. The van der Waals surface area contributed by atoms with E-state index in [1.54, 1.807) is 0 Å². The molecule has 0 fully saturated rings. The maximum atomic E-state index is 6.36. The van der Waals surface area contributed by atoms with Crippen LogP contribution in [-0.2, 0) is 0 Å². The van der Waals surface area contributed by atoms with Gasteiger partial charge in [-0.05, 0) is 70.8 Å². The van der Waals surface area contributed by atoms with Crippen LogP contribution in [0.2, 0.25) is 10.0 Å². The van der Waals surface area contributed by atoms with E-state index in [1.165, 1.54) is 0 Å². The van der Waals surface area contributed by atoms with Crippen LogP contribution in [0.3, 0.4) is 0 Å². The molecule has 0 atom stereocenters. The highest BCUT2D eigenvalue weighted by Crippen LogP contribution is 2.36. The van der Waals surface area contributed by atoms with Crippen LogP contribution in [0.1, 0.15) is 0 Å². The quantitative estimate of drug-likeness (QED) is 0.217. The van der Waals surface area contributed by atoms with Crippen molar-refractivity contribution in [3.8, 4) is 44.8 Å². The predicted molar refractivity (Wildman–Crippen MR) is 169 cm³/mol. The third-order valence-corrected chi connectivity index (χ3v) is 7.66. The Bertz CT molecular complexity index is 1850. The summed E-state index contributed by atoms with van der Waals surface area (Å²) in [5.41, 5.74) is 10.2. The largest absolute Gasteiger partial charge is 0.248 e. The molecule has 4 heteroatoms. The number of hydrogen-bond acceptors (Lipinski definition) is 2. The van der Waals surface area contributed by atoms with Gasteiger partial charge in [0.15, 0.2) is 0 Å². The molecule has 0 spiro atoms. The first-order chi connectivity index (χ1) is 19.6. The average Bonchev–Trinajstić information content (AvgIpc) is 3.01. The lowest BCUT2D eigenvalue weighted by molar-refractivity contribution is 1.38. The summed E-state index contributed by atoms with van der Waals surface area (Å²) in [6.45, 7) is 0. The maximum absolute atomic E-state index is 6.36. The second-order valence-electron chi connectivity index (χ2n) is 9.74. The van der Waals surface area contributed by atoms with Crippen molar-refractivity contribution in [3.63, 3.8) is 0 Å². The lowest BCUT2D eigenvalue weighted by atomic mass is 9.96. The number of nitrogens with zero attached hydrogens (tertiary/aromatic N) is 2. The number of halogens is 2. The Morgan fingerprint density at radius 3 is 1.18 bits per heavy atom. The molecule has 40 heavy (non-hydrogen) atoms. The highest BCUT2D eigenvalue weighted by Gasteiger charge is 2.13. The smallest absolute Gasteiger partial charge is 0.0716 e. The predicted octanol–water partition coefficient (Wildman–Crippen LogP) is 10.8. The van der Waals surface area contributed by atoms with E-state index in [2.05, 4.69) is 84.9 Å². The molecule has 0 saturated carbocycles. The maximum Gasteiger partial charge on any atom is 0.0716 e. The Labute approximate surface area is 242 Å². The highest BCUT2D eigenvalue weighted by atomic mass is 35.5. The van der Waals surface area contributed by atoms with Crippen molar-refractivity contribution in [1.29, 1.82) is 0 Å². The van der Waals surface area contributed by atoms with Gasteiger partial charge in [-0.1, -0.05) is 108 Å². The van der Waals surface area contributed by atoms with Crippen molar-refractivity contribution in [3.05, 3.63) is 144 Å². The topological polar surface area (TPSA) is 25.8 Å². The molecule has 0 radical (unpaired) electrons. The van der Waals surface area contributed by atoms with Crippen molar-refractivity contribution >= 4 is 45.0 Å². The molecular formula is C36H22Cl2N2. The fraction of sp³-hybridized carbons (Fsp3) is 0. The van der Waals surface area contributed by atoms with Crippen LogP contribution < -0.4 is 0 Å². The molecule has 0 aliphatic carbocycles. The van der Waals surface area contributed by atoms with Crippen LogP contribution in [0.15, 0.2) is 133 Å². The molecule has 2 nitrogen and oxygen atoms in total. The van der Waals surface area contributed by atoms with Gasteiger partial charge < -0.3 is 0 Å². The first kappa shape index (κ1) is 24.5. The number of aromatic nitrogens is 2. The molecule has 0 saturated heterocycles. The Balaban J connectivity index is 1.34. The molecule has 0 aliphatic heterocycles. The van der Waals surface area contributed by atoms with Gasteiger partial charge in [-0.2, -0.15) is 0 Å². The molecule has 5 aromatic carbocycles. The fourth-order valence-electron chi connectivity index (χ4n) is 5.22. The van der Waals surface area contributed by atoms with Gasteiger partial charge in [0.2, 0.25) is 0 Å². The molecule has 7 aromatic rings. The minimum absolute atomic E-state index is 0.698. The first-order valence-corrected chi connectivity index (χ1v) is 13.8. The Morgan fingerprint density at radius 1 is 0.375 bits per heavy atom. The molecule has 7 rings (SSSR count). The molecule has 2 heterocycles. The van der Waals surface area contributed by atoms with Gasteiger partial charge in [-0.25, -0.2) is 9.97 Å². The normalized spacial score (nSPS) is 11.2. The van der Waals surface area contributed by atoms with Crippen LogP contribution in [-0.4, -0.2) is 9.97 Å². The number of rotatable bonds is 4. The monoisotopic (exact) mass is 552 g/mol. The van der Waals surface area contributed by atoms with E-state index in [-0.39, 0.29) is 0 Å². The van der Waals surface area contributed by atoms with Crippen LogP contribution in [0, 0.1) is 0 Å². The lowest BCUT2D eigenvalue weighted by Crippen LogP contribution is -1.92. The van der Waals surface area contributed by atoms with Gasteiger partial charge in [-0.15, -0.1) is 0 Å². The zero-order valence-corrected chi connectivity index (χ0v) is 22.9. The van der Waals surface area contributed by atoms with Crippen molar-refractivity contribution in [1.82, 2.24) is 9.97 Å². The van der Waals surface area contributed by atoms with E-state index in [1.807, 2.05) is 48.5 Å². The summed E-state index contributed by atoms with van der Waals surface area (Å²) >= 11 is 12.7. The van der Waals surface area contributed by atoms with E-state index in [9.17, 15) is 0 Å². The summed E-state index contributed by atoms with van der Waals surface area (Å²) in [5.74, 6) is 0. The van der Waals surface area contributed by atoms with Crippen LogP contribution in [0.25, 0.3) is 66.6 Å². The SMILES string of the molecule is Clc1ccc2nc(-c3ccc(-c4cc(-c5ccccc5)c5cc(Cl)ccc5n4)cc3)cc(-c3ccccc3)c2c1. The summed E-state index contributed by atoms with van der Waals surface area (Å²) in [5, 5.41) is 3.47. The Hall–Kier alpha value is -4.50. The number of hydrogen-bond donors (Lipinski definition) is 0. The van der Waals surface area contributed by atoms with E-state index in [0.29, 0.717) is 10.0 Å². The number of pyridine rings is 2.